The van der Waals surface area contributed by atoms with Crippen molar-refractivity contribution in [3.63, 3.8) is 0 Å². The van der Waals surface area contributed by atoms with Gasteiger partial charge in [0.15, 0.2) is 0 Å². The van der Waals surface area contributed by atoms with Crippen molar-refractivity contribution in [3.8, 4) is 12.3 Å². The van der Waals surface area contributed by atoms with Gasteiger partial charge in [0, 0.05) is 0 Å². The highest BCUT2D eigenvalue weighted by Gasteiger charge is 2.30. The molecule has 0 fully saturated rings. The zero-order valence-electron chi connectivity index (χ0n) is 9.86. The second kappa shape index (κ2) is 5.72. The highest BCUT2D eigenvalue weighted by Crippen LogP contribution is 2.30. The van der Waals surface area contributed by atoms with Crippen molar-refractivity contribution in [2.75, 3.05) is 6.54 Å². The third-order valence-corrected chi connectivity index (χ3v) is 2.99. The van der Waals surface area contributed by atoms with Crippen LogP contribution in [0.2, 0.25) is 0 Å². The van der Waals surface area contributed by atoms with Crippen LogP contribution in [0, 0.1) is 24.2 Å². The third-order valence-electron chi connectivity index (χ3n) is 2.99. The predicted octanol–water partition coefficient (Wildman–Crippen LogP) is 1.65. The summed E-state index contributed by atoms with van der Waals surface area (Å²) < 4.78 is 0. The van der Waals surface area contributed by atoms with E-state index >= 15 is 0 Å². The van der Waals surface area contributed by atoms with Gasteiger partial charge in [-0.25, -0.2) is 0 Å². The summed E-state index contributed by atoms with van der Waals surface area (Å²) >= 11 is 0. The second-order valence-corrected chi connectivity index (χ2v) is 4.59. The number of rotatable bonds is 4. The maximum atomic E-state index is 11.2. The molecule has 0 spiro atoms. The van der Waals surface area contributed by atoms with E-state index in [0.29, 0.717) is 12.5 Å². The van der Waals surface area contributed by atoms with E-state index in [0.717, 1.165) is 12.8 Å². The molecule has 3 heteroatoms. The molecule has 2 N–H and O–H groups in total. The average molecular weight is 221 g/mol. The average Bonchev–Trinajstić information content (AvgIpc) is 2.16. The normalized spacial score (nSPS) is 26.7. The number of hydrogen-bond donors (Lipinski definition) is 2. The molecule has 16 heavy (non-hydrogen) atoms. The van der Waals surface area contributed by atoms with Crippen molar-refractivity contribution in [2.24, 2.45) is 11.8 Å². The zero-order valence-corrected chi connectivity index (χ0v) is 9.86. The summed E-state index contributed by atoms with van der Waals surface area (Å²) in [5.41, 5.74) is 1.28. The van der Waals surface area contributed by atoms with Gasteiger partial charge in [-0.1, -0.05) is 24.5 Å². The summed E-state index contributed by atoms with van der Waals surface area (Å²) in [7, 11) is 0. The summed E-state index contributed by atoms with van der Waals surface area (Å²) in [5.74, 6) is 2.22. The Balaban J connectivity index is 2.69. The first kappa shape index (κ1) is 12.8. The largest absolute Gasteiger partial charge is 0.480 e. The minimum Gasteiger partial charge on any atom is -0.480 e. The van der Waals surface area contributed by atoms with E-state index in [4.69, 9.17) is 6.42 Å². The van der Waals surface area contributed by atoms with Gasteiger partial charge in [-0.3, -0.25) is 10.1 Å². The van der Waals surface area contributed by atoms with Crippen LogP contribution in [0.4, 0.5) is 0 Å². The van der Waals surface area contributed by atoms with E-state index in [1.807, 2.05) is 0 Å². The van der Waals surface area contributed by atoms with Gasteiger partial charge in [0.25, 0.3) is 0 Å². The van der Waals surface area contributed by atoms with Gasteiger partial charge in [-0.15, -0.1) is 6.42 Å². The molecular formula is C13H19NO2. The monoisotopic (exact) mass is 221 g/mol. The Kier molecular flexibility index (Phi) is 4.57. The van der Waals surface area contributed by atoms with Crippen LogP contribution in [0.25, 0.3) is 0 Å². The first-order valence-electron chi connectivity index (χ1n) is 5.61. The fourth-order valence-corrected chi connectivity index (χ4v) is 2.47. The van der Waals surface area contributed by atoms with Crippen LogP contribution in [0.15, 0.2) is 11.6 Å². The van der Waals surface area contributed by atoms with E-state index in [-0.39, 0.29) is 5.92 Å². The molecule has 0 saturated heterocycles. The molecule has 0 amide bonds. The fraction of sp³-hybridized carbons (Fsp3) is 0.615. The SMILES string of the molecule is C#CCNC(C(=O)O)C1CC(C)=CC(C)C1. The van der Waals surface area contributed by atoms with Crippen LogP contribution in [0.1, 0.15) is 26.7 Å². The Hall–Kier alpha value is -1.27. The number of carbonyl (C=O) groups is 1. The number of hydrogen-bond acceptors (Lipinski definition) is 2. The molecule has 3 nitrogen and oxygen atoms in total. The van der Waals surface area contributed by atoms with Crippen LogP contribution < -0.4 is 5.32 Å². The maximum absolute atomic E-state index is 11.2. The molecule has 1 aliphatic rings. The number of carboxylic acid groups (broad SMARTS) is 1. The lowest BCUT2D eigenvalue weighted by Gasteiger charge is -2.30. The minimum atomic E-state index is -0.804. The Morgan fingerprint density at radius 3 is 3.00 bits per heavy atom. The van der Waals surface area contributed by atoms with Gasteiger partial charge in [-0.05, 0) is 31.6 Å². The van der Waals surface area contributed by atoms with E-state index < -0.39 is 12.0 Å². The molecule has 0 aliphatic heterocycles. The molecule has 3 atom stereocenters. The lowest BCUT2D eigenvalue weighted by atomic mass is 9.79. The van der Waals surface area contributed by atoms with Crippen molar-refractivity contribution in [1.82, 2.24) is 5.32 Å². The van der Waals surface area contributed by atoms with Gasteiger partial charge >= 0.3 is 5.97 Å². The van der Waals surface area contributed by atoms with Gasteiger partial charge in [0.1, 0.15) is 6.04 Å². The highest BCUT2D eigenvalue weighted by molar-refractivity contribution is 5.74. The van der Waals surface area contributed by atoms with Crippen molar-refractivity contribution >= 4 is 5.97 Å². The molecule has 3 unspecified atom stereocenters. The standard InChI is InChI=1S/C13H19NO2/c1-4-5-14-12(13(15)16)11-7-9(2)6-10(3)8-11/h1,6,9,11-12,14H,5,7-8H2,2-3H3,(H,15,16). The molecule has 0 aromatic rings. The molecule has 0 bridgehead atoms. The Morgan fingerprint density at radius 1 is 1.81 bits per heavy atom. The Labute approximate surface area is 96.9 Å². The lowest BCUT2D eigenvalue weighted by Crippen LogP contribution is -2.44. The van der Waals surface area contributed by atoms with Gasteiger partial charge in [0.05, 0.1) is 6.54 Å². The summed E-state index contributed by atoms with van der Waals surface area (Å²) in [5, 5.41) is 12.1. The number of nitrogens with one attached hydrogen (secondary N) is 1. The van der Waals surface area contributed by atoms with Crippen molar-refractivity contribution < 1.29 is 9.90 Å². The second-order valence-electron chi connectivity index (χ2n) is 4.59. The highest BCUT2D eigenvalue weighted by atomic mass is 16.4. The van der Waals surface area contributed by atoms with Crippen molar-refractivity contribution in [3.05, 3.63) is 11.6 Å². The molecule has 0 heterocycles. The zero-order chi connectivity index (χ0) is 12.1. The molecule has 88 valence electrons. The minimum absolute atomic E-state index is 0.144. The summed E-state index contributed by atoms with van der Waals surface area (Å²) in [6.07, 6.45) is 9.12. The number of terminal acetylenes is 1. The summed E-state index contributed by atoms with van der Waals surface area (Å²) in [4.78, 5) is 11.2. The topological polar surface area (TPSA) is 49.3 Å². The number of allylic oxidation sites excluding steroid dienone is 2. The molecule has 0 aromatic carbocycles. The van der Waals surface area contributed by atoms with E-state index in [2.05, 4.69) is 31.2 Å². The molecule has 0 saturated carbocycles. The third kappa shape index (κ3) is 3.39. The van der Waals surface area contributed by atoms with Crippen LogP contribution in [0.3, 0.4) is 0 Å². The Morgan fingerprint density at radius 2 is 2.50 bits per heavy atom. The predicted molar refractivity (Wildman–Crippen MR) is 63.9 cm³/mol. The lowest BCUT2D eigenvalue weighted by molar-refractivity contribution is -0.141. The van der Waals surface area contributed by atoms with Crippen LogP contribution in [-0.4, -0.2) is 23.7 Å². The molecule has 1 rings (SSSR count). The first-order chi connectivity index (χ1) is 7.54. The van der Waals surface area contributed by atoms with Gasteiger partial charge in [0.2, 0.25) is 0 Å². The molecular weight excluding hydrogens is 202 g/mol. The van der Waals surface area contributed by atoms with Gasteiger partial charge < -0.3 is 5.11 Å². The molecule has 0 aromatic heterocycles. The maximum Gasteiger partial charge on any atom is 0.321 e. The van der Waals surface area contributed by atoms with Crippen molar-refractivity contribution in [1.29, 1.82) is 0 Å². The molecule has 0 radical (unpaired) electrons. The van der Waals surface area contributed by atoms with E-state index in [9.17, 15) is 9.90 Å². The van der Waals surface area contributed by atoms with E-state index in [1.165, 1.54) is 5.57 Å². The number of carboxylic acids is 1. The van der Waals surface area contributed by atoms with Crippen LogP contribution in [0.5, 0.6) is 0 Å². The summed E-state index contributed by atoms with van der Waals surface area (Å²) in [6, 6.07) is -0.526. The fourth-order valence-electron chi connectivity index (χ4n) is 2.47. The quantitative estimate of drug-likeness (QED) is 0.560. The summed E-state index contributed by atoms with van der Waals surface area (Å²) in [6.45, 7) is 4.49. The van der Waals surface area contributed by atoms with Crippen molar-refractivity contribution in [2.45, 2.75) is 32.7 Å². The molecule has 1 aliphatic carbocycles. The Bertz CT molecular complexity index is 327. The van der Waals surface area contributed by atoms with E-state index in [1.54, 1.807) is 0 Å². The smallest absolute Gasteiger partial charge is 0.321 e. The first-order valence-corrected chi connectivity index (χ1v) is 5.61. The van der Waals surface area contributed by atoms with Crippen LogP contribution >= 0.6 is 0 Å². The number of aliphatic carboxylic acids is 1. The van der Waals surface area contributed by atoms with Gasteiger partial charge in [-0.2, -0.15) is 0 Å². The van der Waals surface area contributed by atoms with Crippen LogP contribution in [-0.2, 0) is 4.79 Å².